The van der Waals surface area contributed by atoms with Crippen molar-refractivity contribution in [1.29, 1.82) is 0 Å². The number of hydrogen-bond donors (Lipinski definition) is 5. The molecule has 0 spiro atoms. The van der Waals surface area contributed by atoms with Crippen molar-refractivity contribution < 1.29 is 0 Å². The van der Waals surface area contributed by atoms with Gasteiger partial charge in [-0.15, -0.1) is 6.58 Å². The molecule has 4 heterocycles. The average molecular weight is 461 g/mol. The molecule has 1 aromatic carbocycles. The number of aromatic nitrogens is 2. The van der Waals surface area contributed by atoms with Gasteiger partial charge in [0.1, 0.15) is 12.0 Å². The lowest BCUT2D eigenvalue weighted by Gasteiger charge is -2.32. The van der Waals surface area contributed by atoms with Crippen LogP contribution in [0.25, 0.3) is 11.3 Å². The lowest BCUT2D eigenvalue weighted by molar-refractivity contribution is 0.347. The summed E-state index contributed by atoms with van der Waals surface area (Å²) in [4.78, 5) is 8.13. The molecule has 2 aromatic rings. The minimum atomic E-state index is 0.000881. The van der Waals surface area contributed by atoms with Crippen molar-refractivity contribution in [2.45, 2.75) is 76.5 Å². The highest BCUT2D eigenvalue weighted by atomic mass is 15.2. The third-order valence-corrected chi connectivity index (χ3v) is 8.12. The third-order valence-electron chi connectivity index (χ3n) is 8.12. The minimum absolute atomic E-state index is 0.000881. The first kappa shape index (κ1) is 23.2. The minimum Gasteiger partial charge on any atom is -0.369 e. The Morgan fingerprint density at radius 2 is 1.94 bits per heavy atom. The zero-order valence-electron chi connectivity index (χ0n) is 20.5. The quantitative estimate of drug-likeness (QED) is 0.337. The van der Waals surface area contributed by atoms with Gasteiger partial charge in [-0.1, -0.05) is 37.3 Å². The van der Waals surface area contributed by atoms with Gasteiger partial charge in [-0.25, -0.2) is 4.98 Å². The molecule has 5 rings (SSSR count). The van der Waals surface area contributed by atoms with E-state index in [0.29, 0.717) is 18.2 Å². The van der Waals surface area contributed by atoms with E-state index in [1.807, 2.05) is 6.20 Å². The molecule has 0 radical (unpaired) electrons. The molecule has 6 nitrogen and oxygen atoms in total. The number of aryl methyl sites for hydroxylation is 1. The zero-order valence-corrected chi connectivity index (χ0v) is 20.5. The van der Waals surface area contributed by atoms with Crippen molar-refractivity contribution >= 4 is 0 Å². The van der Waals surface area contributed by atoms with Gasteiger partial charge in [0.2, 0.25) is 0 Å². The van der Waals surface area contributed by atoms with Gasteiger partial charge in [-0.2, -0.15) is 0 Å². The van der Waals surface area contributed by atoms with E-state index in [4.69, 9.17) is 0 Å². The summed E-state index contributed by atoms with van der Waals surface area (Å²) in [5, 5.41) is 14.5. The monoisotopic (exact) mass is 460 g/mol. The third kappa shape index (κ3) is 4.80. The molecule has 0 bridgehead atoms. The number of hydrogen-bond acceptors (Lipinski definition) is 5. The Morgan fingerprint density at radius 3 is 2.65 bits per heavy atom. The van der Waals surface area contributed by atoms with Crippen LogP contribution >= 0.6 is 0 Å². The van der Waals surface area contributed by atoms with Crippen LogP contribution in [0.3, 0.4) is 0 Å². The van der Waals surface area contributed by atoms with Crippen LogP contribution in [0.4, 0.5) is 0 Å². The Kier molecular flexibility index (Phi) is 7.07. The van der Waals surface area contributed by atoms with Crippen LogP contribution in [0, 0.1) is 5.41 Å². The largest absolute Gasteiger partial charge is 0.369 e. The summed E-state index contributed by atoms with van der Waals surface area (Å²) >= 11 is 0. The SMILES string of the molecule is C=CC(CC)(CCCc1ccc(-c2cnc(C3CCCN3)[nH]2)cc1)C1=CNC(C2CCCN2)N1. The van der Waals surface area contributed by atoms with Gasteiger partial charge in [0.25, 0.3) is 0 Å². The fraction of sp³-hybridized carbons (Fsp3) is 0.536. The molecule has 3 aliphatic heterocycles. The molecule has 2 saturated heterocycles. The molecule has 0 saturated carbocycles. The van der Waals surface area contributed by atoms with Crippen molar-refractivity contribution in [2.24, 2.45) is 5.41 Å². The summed E-state index contributed by atoms with van der Waals surface area (Å²) in [6, 6.07) is 9.86. The second-order valence-corrected chi connectivity index (χ2v) is 10.1. The number of rotatable bonds is 10. The van der Waals surface area contributed by atoms with E-state index in [-0.39, 0.29) is 5.41 Å². The van der Waals surface area contributed by atoms with E-state index in [0.717, 1.165) is 56.7 Å². The van der Waals surface area contributed by atoms with Crippen LogP contribution < -0.4 is 21.3 Å². The molecule has 2 fully saturated rings. The van der Waals surface area contributed by atoms with Gasteiger partial charge >= 0.3 is 0 Å². The van der Waals surface area contributed by atoms with Crippen LogP contribution in [0.15, 0.2) is 55.0 Å². The topological polar surface area (TPSA) is 76.8 Å². The number of benzene rings is 1. The number of imidazole rings is 1. The van der Waals surface area contributed by atoms with Crippen molar-refractivity contribution in [3.63, 3.8) is 0 Å². The summed E-state index contributed by atoms with van der Waals surface area (Å²) in [6.07, 6.45) is 15.9. The van der Waals surface area contributed by atoms with Gasteiger partial charge < -0.3 is 26.3 Å². The average Bonchev–Trinajstić information content (AvgIpc) is 3.69. The lowest BCUT2D eigenvalue weighted by Crippen LogP contribution is -2.49. The molecular weight excluding hydrogens is 420 g/mol. The highest BCUT2D eigenvalue weighted by Gasteiger charge is 2.36. The maximum Gasteiger partial charge on any atom is 0.123 e. The van der Waals surface area contributed by atoms with Crippen LogP contribution in [0.1, 0.15) is 69.3 Å². The standard InChI is InChI=1S/C28H40N6/c1-3-28(4-2,25-19-32-27(34-25)23-10-7-17-30-23)15-5-8-20-11-13-21(14-12-20)24-18-31-26(33-24)22-9-6-16-29-22/h3,11-14,18-19,22-23,27,29-30,32,34H,1,4-10,15-17H2,2H3,(H,31,33). The number of nitrogens with one attached hydrogen (secondary N) is 5. The number of allylic oxidation sites excluding steroid dienone is 1. The van der Waals surface area contributed by atoms with E-state index < -0.39 is 0 Å². The van der Waals surface area contributed by atoms with Crippen molar-refractivity contribution in [2.75, 3.05) is 13.1 Å². The number of H-pyrrole nitrogens is 1. The Hall–Kier alpha value is -2.57. The molecule has 4 atom stereocenters. The molecule has 0 amide bonds. The Balaban J connectivity index is 1.16. The molecule has 34 heavy (non-hydrogen) atoms. The Bertz CT molecular complexity index is 981. The van der Waals surface area contributed by atoms with E-state index in [1.54, 1.807) is 0 Å². The van der Waals surface area contributed by atoms with Crippen LogP contribution in [-0.4, -0.2) is 35.3 Å². The highest BCUT2D eigenvalue weighted by molar-refractivity contribution is 5.59. The first-order valence-electron chi connectivity index (χ1n) is 13.2. The second-order valence-electron chi connectivity index (χ2n) is 10.1. The first-order valence-corrected chi connectivity index (χ1v) is 13.2. The molecule has 4 unspecified atom stereocenters. The number of aromatic amines is 1. The Labute approximate surface area is 204 Å². The van der Waals surface area contributed by atoms with Crippen LogP contribution in [0.5, 0.6) is 0 Å². The summed E-state index contributed by atoms with van der Waals surface area (Å²) in [6.45, 7) is 8.72. The molecule has 3 aliphatic rings. The van der Waals surface area contributed by atoms with Gasteiger partial charge in [0, 0.05) is 23.4 Å². The summed E-state index contributed by atoms with van der Waals surface area (Å²) in [5.41, 5.74) is 4.98. The van der Waals surface area contributed by atoms with Gasteiger partial charge in [-0.3, -0.25) is 0 Å². The normalized spacial score (nSPS) is 26.0. The van der Waals surface area contributed by atoms with Crippen LogP contribution in [0.2, 0.25) is 0 Å². The molecule has 5 N–H and O–H groups in total. The van der Waals surface area contributed by atoms with Crippen molar-refractivity contribution in [3.8, 4) is 11.3 Å². The second kappa shape index (κ2) is 10.4. The van der Waals surface area contributed by atoms with Gasteiger partial charge in [-0.05, 0) is 75.6 Å². The summed E-state index contributed by atoms with van der Waals surface area (Å²) < 4.78 is 0. The molecule has 1 aromatic heterocycles. The lowest BCUT2D eigenvalue weighted by atomic mass is 9.77. The fourth-order valence-corrected chi connectivity index (χ4v) is 5.82. The smallest absolute Gasteiger partial charge is 0.123 e. The molecular formula is C28H40N6. The fourth-order valence-electron chi connectivity index (χ4n) is 5.82. The zero-order chi connectivity index (χ0) is 23.4. The highest BCUT2D eigenvalue weighted by Crippen LogP contribution is 2.38. The molecule has 182 valence electrons. The predicted octanol–water partition coefficient (Wildman–Crippen LogP) is 4.52. The van der Waals surface area contributed by atoms with E-state index in [2.05, 4.69) is 81.3 Å². The first-order chi connectivity index (χ1) is 16.7. The maximum absolute atomic E-state index is 4.61. The molecule has 6 heteroatoms. The molecule has 0 aliphatic carbocycles. The van der Waals surface area contributed by atoms with E-state index in [1.165, 1.54) is 36.1 Å². The Morgan fingerprint density at radius 1 is 1.12 bits per heavy atom. The maximum atomic E-state index is 4.61. The van der Waals surface area contributed by atoms with Crippen molar-refractivity contribution in [3.05, 3.63) is 66.4 Å². The van der Waals surface area contributed by atoms with E-state index in [9.17, 15) is 0 Å². The van der Waals surface area contributed by atoms with Gasteiger partial charge in [0.15, 0.2) is 0 Å². The summed E-state index contributed by atoms with van der Waals surface area (Å²) in [7, 11) is 0. The van der Waals surface area contributed by atoms with Crippen molar-refractivity contribution in [1.82, 2.24) is 31.2 Å². The van der Waals surface area contributed by atoms with Crippen LogP contribution in [-0.2, 0) is 6.42 Å². The van der Waals surface area contributed by atoms with Gasteiger partial charge in [0.05, 0.1) is 17.9 Å². The number of nitrogens with zero attached hydrogens (tertiary/aromatic N) is 1. The summed E-state index contributed by atoms with van der Waals surface area (Å²) in [5.74, 6) is 1.06. The predicted molar refractivity (Wildman–Crippen MR) is 139 cm³/mol. The van der Waals surface area contributed by atoms with E-state index >= 15 is 0 Å².